The van der Waals surface area contributed by atoms with Gasteiger partial charge in [0, 0.05) is 18.0 Å². The Morgan fingerprint density at radius 1 is 1.04 bits per heavy atom. The van der Waals surface area contributed by atoms with Crippen molar-refractivity contribution in [2.75, 3.05) is 20.8 Å². The van der Waals surface area contributed by atoms with Crippen molar-refractivity contribution < 1.29 is 19.1 Å². The number of ether oxygens (including phenoxy) is 2. The number of hydrogen-bond donors (Lipinski definition) is 0. The topological polar surface area (TPSA) is 55.8 Å². The molecule has 0 N–H and O–H groups in total. The van der Waals surface area contributed by atoms with E-state index in [-0.39, 0.29) is 18.4 Å². The average molecular weight is 404 g/mol. The number of esters is 1. The van der Waals surface area contributed by atoms with Crippen molar-refractivity contribution in [2.24, 2.45) is 5.92 Å². The van der Waals surface area contributed by atoms with Crippen LogP contribution in [0.25, 0.3) is 0 Å². The van der Waals surface area contributed by atoms with Gasteiger partial charge in [-0.05, 0) is 29.7 Å². The Morgan fingerprint density at radius 3 is 2.29 bits per heavy atom. The van der Waals surface area contributed by atoms with Crippen molar-refractivity contribution in [3.63, 3.8) is 0 Å². The van der Waals surface area contributed by atoms with Gasteiger partial charge in [0.15, 0.2) is 6.04 Å². The van der Waals surface area contributed by atoms with Crippen LogP contribution in [0.4, 0.5) is 0 Å². The van der Waals surface area contributed by atoms with Crippen molar-refractivity contribution in [1.29, 1.82) is 0 Å². The molecule has 0 aliphatic rings. The highest BCUT2D eigenvalue weighted by Crippen LogP contribution is 2.16. The van der Waals surface area contributed by atoms with Crippen LogP contribution in [0, 0.1) is 5.92 Å². The monoisotopic (exact) mass is 403 g/mol. The lowest BCUT2D eigenvalue weighted by Gasteiger charge is -2.28. The van der Waals surface area contributed by atoms with Crippen LogP contribution in [0.15, 0.2) is 54.6 Å². The van der Waals surface area contributed by atoms with Crippen LogP contribution in [0.2, 0.25) is 5.02 Å². The number of hydrogen-bond acceptors (Lipinski definition) is 4. The summed E-state index contributed by atoms with van der Waals surface area (Å²) in [6.07, 6.45) is 0.555. The first-order valence-corrected chi connectivity index (χ1v) is 9.50. The quantitative estimate of drug-likeness (QED) is 0.598. The molecular formula is C22H26ClNO4. The third kappa shape index (κ3) is 6.36. The van der Waals surface area contributed by atoms with Gasteiger partial charge in [0.25, 0.3) is 0 Å². The Kier molecular flexibility index (Phi) is 8.48. The third-order valence-corrected chi connectivity index (χ3v) is 4.80. The summed E-state index contributed by atoms with van der Waals surface area (Å²) in [5.74, 6) is -0.941. The SMILES string of the molecule is COC(=O)[C@H](COCc1ccccc1)N(C)C(=O)[C@@H](C)Cc1ccc(Cl)cc1. The lowest BCUT2D eigenvalue weighted by molar-refractivity contribution is -0.155. The molecular weight excluding hydrogens is 378 g/mol. The summed E-state index contributed by atoms with van der Waals surface area (Å²) in [6, 6.07) is 16.2. The fourth-order valence-electron chi connectivity index (χ4n) is 2.90. The zero-order valence-electron chi connectivity index (χ0n) is 16.4. The standard InChI is InChI=1S/C22H26ClNO4/c1-16(13-17-9-11-19(23)12-10-17)21(25)24(2)20(22(26)27-3)15-28-14-18-7-5-4-6-8-18/h4-12,16,20H,13-15H2,1-3H3/t16-,20-/m0/s1. The fourth-order valence-corrected chi connectivity index (χ4v) is 3.03. The smallest absolute Gasteiger partial charge is 0.330 e. The number of benzene rings is 2. The summed E-state index contributed by atoms with van der Waals surface area (Å²) in [6.45, 7) is 2.26. The van der Waals surface area contributed by atoms with E-state index < -0.39 is 12.0 Å². The van der Waals surface area contributed by atoms with E-state index >= 15 is 0 Å². The van der Waals surface area contributed by atoms with Gasteiger partial charge >= 0.3 is 5.97 Å². The summed E-state index contributed by atoms with van der Waals surface area (Å²) in [5, 5.41) is 0.654. The zero-order chi connectivity index (χ0) is 20.5. The number of likely N-dealkylation sites (N-methyl/N-ethyl adjacent to an activating group) is 1. The number of nitrogens with zero attached hydrogens (tertiary/aromatic N) is 1. The van der Waals surface area contributed by atoms with Gasteiger partial charge in [-0.1, -0.05) is 61.0 Å². The van der Waals surface area contributed by atoms with E-state index in [2.05, 4.69) is 0 Å². The molecule has 0 saturated heterocycles. The molecule has 0 fully saturated rings. The molecule has 150 valence electrons. The molecule has 0 saturated carbocycles. The molecule has 2 rings (SSSR count). The largest absolute Gasteiger partial charge is 0.467 e. The summed E-state index contributed by atoms with van der Waals surface area (Å²) >= 11 is 5.91. The molecule has 0 heterocycles. The van der Waals surface area contributed by atoms with Crippen molar-refractivity contribution in [2.45, 2.75) is 26.0 Å². The predicted octanol–water partition coefficient (Wildman–Crippen LogP) is 3.74. The number of carbonyl (C=O) groups is 2. The lowest BCUT2D eigenvalue weighted by atomic mass is 9.99. The Balaban J connectivity index is 1.97. The fraction of sp³-hybridized carbons (Fsp3) is 0.364. The first-order chi connectivity index (χ1) is 13.4. The molecule has 28 heavy (non-hydrogen) atoms. The zero-order valence-corrected chi connectivity index (χ0v) is 17.2. The molecule has 0 spiro atoms. The van der Waals surface area contributed by atoms with E-state index in [1.807, 2.05) is 49.4 Å². The first kappa shape index (κ1) is 21.9. The second-order valence-corrected chi connectivity index (χ2v) is 7.16. The van der Waals surface area contributed by atoms with Gasteiger partial charge in [0.05, 0.1) is 20.3 Å². The van der Waals surface area contributed by atoms with Crippen molar-refractivity contribution in [1.82, 2.24) is 4.90 Å². The molecule has 2 aromatic carbocycles. The van der Waals surface area contributed by atoms with Gasteiger partial charge in [-0.3, -0.25) is 4.79 Å². The molecule has 0 radical (unpaired) electrons. The van der Waals surface area contributed by atoms with Crippen LogP contribution >= 0.6 is 11.6 Å². The maximum atomic E-state index is 12.8. The third-order valence-electron chi connectivity index (χ3n) is 4.55. The molecule has 0 aliphatic carbocycles. The highest BCUT2D eigenvalue weighted by molar-refractivity contribution is 6.30. The molecule has 0 aliphatic heterocycles. The summed E-state index contributed by atoms with van der Waals surface area (Å²) in [7, 11) is 2.91. The molecule has 5 nitrogen and oxygen atoms in total. The minimum atomic E-state index is -0.797. The van der Waals surface area contributed by atoms with Crippen LogP contribution in [0.3, 0.4) is 0 Å². The number of rotatable bonds is 9. The molecule has 0 unspecified atom stereocenters. The highest BCUT2D eigenvalue weighted by Gasteiger charge is 2.30. The van der Waals surface area contributed by atoms with Gasteiger partial charge in [-0.15, -0.1) is 0 Å². The second kappa shape index (κ2) is 10.8. The lowest BCUT2D eigenvalue weighted by Crippen LogP contribution is -2.48. The second-order valence-electron chi connectivity index (χ2n) is 6.72. The van der Waals surface area contributed by atoms with Gasteiger partial charge in [0.2, 0.25) is 5.91 Å². The molecule has 6 heteroatoms. The van der Waals surface area contributed by atoms with E-state index in [0.29, 0.717) is 18.1 Å². The molecule has 1 amide bonds. The maximum absolute atomic E-state index is 12.8. The van der Waals surface area contributed by atoms with Gasteiger partial charge in [-0.25, -0.2) is 4.79 Å². The average Bonchev–Trinajstić information content (AvgIpc) is 2.72. The van der Waals surface area contributed by atoms with Crippen LogP contribution in [-0.2, 0) is 32.1 Å². The summed E-state index contributed by atoms with van der Waals surface area (Å²) < 4.78 is 10.5. The number of halogens is 1. The summed E-state index contributed by atoms with van der Waals surface area (Å²) in [5.41, 5.74) is 2.00. The van der Waals surface area contributed by atoms with E-state index in [9.17, 15) is 9.59 Å². The van der Waals surface area contributed by atoms with E-state index in [1.165, 1.54) is 12.0 Å². The molecule has 2 aromatic rings. The highest BCUT2D eigenvalue weighted by atomic mass is 35.5. The molecule has 2 atom stereocenters. The minimum Gasteiger partial charge on any atom is -0.467 e. The Morgan fingerprint density at radius 2 is 1.68 bits per heavy atom. The van der Waals surface area contributed by atoms with E-state index in [0.717, 1.165) is 11.1 Å². The number of carbonyl (C=O) groups excluding carboxylic acids is 2. The molecule has 0 aromatic heterocycles. The van der Waals surface area contributed by atoms with Crippen LogP contribution in [0.5, 0.6) is 0 Å². The number of amides is 1. The van der Waals surface area contributed by atoms with Crippen LogP contribution < -0.4 is 0 Å². The summed E-state index contributed by atoms with van der Waals surface area (Å²) in [4.78, 5) is 26.5. The normalized spacial score (nSPS) is 12.9. The van der Waals surface area contributed by atoms with Crippen LogP contribution in [-0.4, -0.2) is 43.6 Å². The molecule has 0 bridgehead atoms. The van der Waals surface area contributed by atoms with Crippen molar-refractivity contribution >= 4 is 23.5 Å². The maximum Gasteiger partial charge on any atom is 0.330 e. The minimum absolute atomic E-state index is 0.0669. The van der Waals surface area contributed by atoms with Gasteiger partial charge in [0.1, 0.15) is 0 Å². The van der Waals surface area contributed by atoms with Crippen molar-refractivity contribution in [3.05, 3.63) is 70.7 Å². The van der Waals surface area contributed by atoms with Crippen LogP contribution in [0.1, 0.15) is 18.1 Å². The Bertz CT molecular complexity index is 764. The predicted molar refractivity (Wildman–Crippen MR) is 109 cm³/mol. The Labute approximate surface area is 171 Å². The van der Waals surface area contributed by atoms with E-state index in [1.54, 1.807) is 19.2 Å². The first-order valence-electron chi connectivity index (χ1n) is 9.13. The van der Waals surface area contributed by atoms with Gasteiger partial charge < -0.3 is 14.4 Å². The van der Waals surface area contributed by atoms with Gasteiger partial charge in [-0.2, -0.15) is 0 Å². The Hall–Kier alpha value is -2.37. The van der Waals surface area contributed by atoms with Crippen molar-refractivity contribution in [3.8, 4) is 0 Å². The number of methoxy groups -OCH3 is 1. The van der Waals surface area contributed by atoms with E-state index in [4.69, 9.17) is 21.1 Å².